The van der Waals surface area contributed by atoms with Crippen LogP contribution in [0.25, 0.3) is 4.96 Å². The average Bonchev–Trinajstić information content (AvgIpc) is 3.17. The van der Waals surface area contributed by atoms with Crippen molar-refractivity contribution < 1.29 is 9.72 Å². The van der Waals surface area contributed by atoms with Crippen molar-refractivity contribution in [1.29, 1.82) is 0 Å². The number of nitro groups is 1. The van der Waals surface area contributed by atoms with Gasteiger partial charge in [-0.1, -0.05) is 6.07 Å². The van der Waals surface area contributed by atoms with Crippen molar-refractivity contribution in [2.45, 2.75) is 13.5 Å². The van der Waals surface area contributed by atoms with E-state index in [1.807, 2.05) is 5.38 Å². The molecule has 10 heteroatoms. The molecule has 1 aliphatic rings. The van der Waals surface area contributed by atoms with Gasteiger partial charge in [-0.2, -0.15) is 0 Å². The van der Waals surface area contributed by atoms with Crippen molar-refractivity contribution in [3.8, 4) is 0 Å². The number of piperazine rings is 1. The lowest BCUT2D eigenvalue weighted by atomic mass is 10.1. The second-order valence-corrected chi connectivity index (χ2v) is 7.79. The maximum Gasteiger partial charge on any atom is 0.273 e. The summed E-state index contributed by atoms with van der Waals surface area (Å²) in [6.07, 6.45) is 1.71. The third-order valence-corrected chi connectivity index (χ3v) is 5.89. The molecule has 150 valence electrons. The highest BCUT2D eigenvalue weighted by molar-refractivity contribution is 7.15. The van der Waals surface area contributed by atoms with Gasteiger partial charge < -0.3 is 4.90 Å². The summed E-state index contributed by atoms with van der Waals surface area (Å²) >= 11 is 1.42. The molecule has 0 aliphatic carbocycles. The van der Waals surface area contributed by atoms with Crippen molar-refractivity contribution >= 4 is 27.9 Å². The van der Waals surface area contributed by atoms with Gasteiger partial charge in [0.2, 0.25) is 0 Å². The van der Waals surface area contributed by atoms with Crippen LogP contribution in [-0.2, 0) is 6.54 Å². The topological polar surface area (TPSA) is 101 Å². The largest absolute Gasteiger partial charge is 0.336 e. The molecule has 3 heterocycles. The average molecular weight is 413 g/mol. The van der Waals surface area contributed by atoms with E-state index in [0.717, 1.165) is 0 Å². The van der Waals surface area contributed by atoms with Gasteiger partial charge in [-0.3, -0.25) is 29.0 Å². The summed E-state index contributed by atoms with van der Waals surface area (Å²) in [5, 5.41) is 13.0. The van der Waals surface area contributed by atoms with Crippen LogP contribution in [0, 0.1) is 17.0 Å². The van der Waals surface area contributed by atoms with E-state index in [2.05, 4.69) is 9.88 Å². The highest BCUT2D eigenvalue weighted by atomic mass is 32.1. The van der Waals surface area contributed by atoms with E-state index < -0.39 is 4.92 Å². The molecule has 0 atom stereocenters. The van der Waals surface area contributed by atoms with Crippen LogP contribution in [0.3, 0.4) is 0 Å². The first kappa shape index (κ1) is 19.2. The first-order valence-electron chi connectivity index (χ1n) is 9.15. The molecule has 0 spiro atoms. The third kappa shape index (κ3) is 3.76. The minimum atomic E-state index is -0.468. The maximum absolute atomic E-state index is 12.9. The Morgan fingerprint density at radius 2 is 2.03 bits per heavy atom. The molecule has 0 bridgehead atoms. The number of carbonyl (C=O) groups is 1. The number of nitrogens with zero attached hydrogens (tertiary/aromatic N) is 5. The minimum Gasteiger partial charge on any atom is -0.336 e. The fourth-order valence-electron chi connectivity index (χ4n) is 3.53. The zero-order valence-electron chi connectivity index (χ0n) is 15.8. The van der Waals surface area contributed by atoms with E-state index in [-0.39, 0.29) is 17.2 Å². The number of thiazole rings is 1. The second-order valence-electron chi connectivity index (χ2n) is 6.92. The van der Waals surface area contributed by atoms with Crippen LogP contribution in [0.5, 0.6) is 0 Å². The first-order valence-corrected chi connectivity index (χ1v) is 10.0. The van der Waals surface area contributed by atoms with E-state index in [0.29, 0.717) is 54.5 Å². The lowest BCUT2D eigenvalue weighted by Crippen LogP contribution is -2.48. The van der Waals surface area contributed by atoms with Crippen LogP contribution in [0.2, 0.25) is 0 Å². The lowest BCUT2D eigenvalue weighted by molar-refractivity contribution is -0.385. The van der Waals surface area contributed by atoms with Gasteiger partial charge in [0.15, 0.2) is 4.96 Å². The molecule has 0 unspecified atom stereocenters. The number of rotatable bonds is 4. The molecular formula is C19H19N5O4S. The highest BCUT2D eigenvalue weighted by Crippen LogP contribution is 2.23. The van der Waals surface area contributed by atoms with Gasteiger partial charge in [-0.25, -0.2) is 4.98 Å². The van der Waals surface area contributed by atoms with Gasteiger partial charge in [0.25, 0.3) is 17.2 Å². The van der Waals surface area contributed by atoms with Crippen LogP contribution in [0.15, 0.2) is 40.6 Å². The van der Waals surface area contributed by atoms with Crippen LogP contribution in [0.4, 0.5) is 5.69 Å². The molecule has 0 radical (unpaired) electrons. The summed E-state index contributed by atoms with van der Waals surface area (Å²) in [4.78, 5) is 44.7. The molecule has 4 rings (SSSR count). The quantitative estimate of drug-likeness (QED) is 0.479. The van der Waals surface area contributed by atoms with Crippen molar-refractivity contribution in [3.63, 3.8) is 0 Å². The number of fused-ring (bicyclic) bond motifs is 1. The van der Waals surface area contributed by atoms with Gasteiger partial charge >= 0.3 is 0 Å². The summed E-state index contributed by atoms with van der Waals surface area (Å²) in [5.74, 6) is -0.192. The monoisotopic (exact) mass is 413 g/mol. The Kier molecular flexibility index (Phi) is 5.12. The van der Waals surface area contributed by atoms with Gasteiger partial charge in [0.05, 0.1) is 10.6 Å². The molecule has 9 nitrogen and oxygen atoms in total. The highest BCUT2D eigenvalue weighted by Gasteiger charge is 2.26. The van der Waals surface area contributed by atoms with Gasteiger partial charge in [0, 0.05) is 67.6 Å². The van der Waals surface area contributed by atoms with E-state index in [4.69, 9.17) is 0 Å². The molecule has 3 aromatic rings. The Morgan fingerprint density at radius 3 is 2.76 bits per heavy atom. The SMILES string of the molecule is Cc1c(C(=O)N2CCN(Cc3cc(=O)n4ccsc4n3)CC2)cccc1[N+](=O)[O-]. The summed E-state index contributed by atoms with van der Waals surface area (Å²) in [7, 11) is 0. The number of amides is 1. The fourth-order valence-corrected chi connectivity index (χ4v) is 4.27. The Morgan fingerprint density at radius 1 is 1.28 bits per heavy atom. The molecule has 29 heavy (non-hydrogen) atoms. The Bertz CT molecular complexity index is 1150. The second kappa shape index (κ2) is 7.72. The number of hydrogen-bond acceptors (Lipinski definition) is 7. The molecular weight excluding hydrogens is 394 g/mol. The zero-order valence-corrected chi connectivity index (χ0v) is 16.6. The number of nitro benzene ring substituents is 1. The van der Waals surface area contributed by atoms with E-state index in [1.165, 1.54) is 21.8 Å². The molecule has 2 aromatic heterocycles. The number of carbonyl (C=O) groups excluding carboxylic acids is 1. The molecule has 1 aliphatic heterocycles. The Balaban J connectivity index is 1.42. The van der Waals surface area contributed by atoms with E-state index >= 15 is 0 Å². The smallest absolute Gasteiger partial charge is 0.273 e. The van der Waals surface area contributed by atoms with Gasteiger partial charge in [-0.05, 0) is 13.0 Å². The molecule has 0 saturated carbocycles. The van der Waals surface area contributed by atoms with Crippen molar-refractivity contribution in [2.75, 3.05) is 26.2 Å². The fraction of sp³-hybridized carbons (Fsp3) is 0.316. The van der Waals surface area contributed by atoms with Crippen LogP contribution < -0.4 is 5.56 Å². The minimum absolute atomic E-state index is 0.0455. The first-order chi connectivity index (χ1) is 13.9. The van der Waals surface area contributed by atoms with E-state index in [9.17, 15) is 19.7 Å². The van der Waals surface area contributed by atoms with Crippen molar-refractivity contribution in [3.05, 3.63) is 73.1 Å². The number of hydrogen-bond donors (Lipinski definition) is 0. The summed E-state index contributed by atoms with van der Waals surface area (Å²) < 4.78 is 1.52. The molecule has 1 amide bonds. The summed E-state index contributed by atoms with van der Waals surface area (Å²) in [6, 6.07) is 6.12. The summed E-state index contributed by atoms with van der Waals surface area (Å²) in [5.41, 5.74) is 1.33. The molecule has 1 aromatic carbocycles. The molecule has 1 saturated heterocycles. The predicted molar refractivity (Wildman–Crippen MR) is 108 cm³/mol. The predicted octanol–water partition coefficient (Wildman–Crippen LogP) is 1.93. The zero-order chi connectivity index (χ0) is 20.5. The Labute approximate surface area is 170 Å². The van der Waals surface area contributed by atoms with Crippen LogP contribution in [-0.4, -0.2) is 56.2 Å². The van der Waals surface area contributed by atoms with Gasteiger partial charge in [-0.15, -0.1) is 11.3 Å². The lowest BCUT2D eigenvalue weighted by Gasteiger charge is -2.34. The summed E-state index contributed by atoms with van der Waals surface area (Å²) in [6.45, 7) is 4.47. The molecule has 1 fully saturated rings. The van der Waals surface area contributed by atoms with Crippen molar-refractivity contribution in [2.24, 2.45) is 0 Å². The standard InChI is InChI=1S/C19H19N5O4S/c1-13-15(3-2-4-16(13)24(27)28)18(26)22-7-5-21(6-8-22)12-14-11-17(25)23-9-10-29-19(23)20-14/h2-4,9-11H,5-8,12H2,1H3. The maximum atomic E-state index is 12.9. The third-order valence-electron chi connectivity index (χ3n) is 5.13. The van der Waals surface area contributed by atoms with Gasteiger partial charge in [0.1, 0.15) is 0 Å². The number of benzene rings is 1. The van der Waals surface area contributed by atoms with Crippen LogP contribution in [0.1, 0.15) is 21.6 Å². The van der Waals surface area contributed by atoms with Crippen LogP contribution >= 0.6 is 11.3 Å². The van der Waals surface area contributed by atoms with Crippen molar-refractivity contribution in [1.82, 2.24) is 19.2 Å². The Hall–Kier alpha value is -3.11. The molecule has 0 N–H and O–H groups in total. The normalized spacial score (nSPS) is 15.0. The number of aromatic nitrogens is 2. The van der Waals surface area contributed by atoms with E-state index in [1.54, 1.807) is 36.2 Å².